The number of carbonyl (C=O) groups is 1. The van der Waals surface area contributed by atoms with Crippen molar-refractivity contribution in [2.75, 3.05) is 0 Å². The van der Waals surface area contributed by atoms with Crippen LogP contribution in [0.15, 0.2) is 12.2 Å². The van der Waals surface area contributed by atoms with Crippen LogP contribution in [-0.4, -0.2) is 5.78 Å². The Balaban J connectivity index is 1.75. The Morgan fingerprint density at radius 3 is 2.60 bits per heavy atom. The first-order valence-electron chi connectivity index (χ1n) is 6.40. The summed E-state index contributed by atoms with van der Waals surface area (Å²) in [4.78, 5) is 11.2. The highest BCUT2D eigenvalue weighted by Crippen LogP contribution is 2.59. The molecule has 5 atom stereocenters. The van der Waals surface area contributed by atoms with Crippen LogP contribution in [-0.2, 0) is 4.79 Å². The van der Waals surface area contributed by atoms with E-state index in [2.05, 4.69) is 12.2 Å². The number of Topliss-reactive ketones (excluding diaryl/α,β-unsaturated/α-hetero) is 1. The number of carbonyl (C=O) groups excluding carboxylic acids is 1. The first-order chi connectivity index (χ1) is 7.25. The summed E-state index contributed by atoms with van der Waals surface area (Å²) in [5.74, 6) is 4.88. The Kier molecular flexibility index (Phi) is 2.22. The molecule has 2 fully saturated rings. The van der Waals surface area contributed by atoms with Crippen LogP contribution in [0.3, 0.4) is 0 Å². The molecule has 0 saturated heterocycles. The third kappa shape index (κ3) is 1.47. The van der Waals surface area contributed by atoms with E-state index < -0.39 is 0 Å². The molecule has 0 aromatic heterocycles. The Hall–Kier alpha value is -0.590. The van der Waals surface area contributed by atoms with Gasteiger partial charge in [-0.2, -0.15) is 0 Å². The molecule has 0 amide bonds. The summed E-state index contributed by atoms with van der Waals surface area (Å²) < 4.78 is 0. The van der Waals surface area contributed by atoms with Crippen molar-refractivity contribution in [1.29, 1.82) is 0 Å². The van der Waals surface area contributed by atoms with E-state index in [0.717, 1.165) is 36.0 Å². The van der Waals surface area contributed by atoms with Gasteiger partial charge >= 0.3 is 0 Å². The van der Waals surface area contributed by atoms with Crippen molar-refractivity contribution in [3.8, 4) is 0 Å². The highest BCUT2D eigenvalue weighted by atomic mass is 16.1. The number of allylic oxidation sites excluding steroid dienone is 2. The zero-order valence-corrected chi connectivity index (χ0v) is 9.49. The topological polar surface area (TPSA) is 17.1 Å². The molecular formula is C14H20O. The van der Waals surface area contributed by atoms with Gasteiger partial charge < -0.3 is 4.79 Å². The van der Waals surface area contributed by atoms with Crippen molar-refractivity contribution in [2.24, 2.45) is 29.6 Å². The van der Waals surface area contributed by atoms with Gasteiger partial charge in [0.1, 0.15) is 5.78 Å². The normalized spacial score (nSPS) is 46.9. The average Bonchev–Trinajstić information content (AvgIpc) is 2.75. The summed E-state index contributed by atoms with van der Waals surface area (Å²) >= 11 is 0. The fraction of sp³-hybridized carbons (Fsp3) is 0.786. The second kappa shape index (κ2) is 3.47. The van der Waals surface area contributed by atoms with Crippen LogP contribution in [0.1, 0.15) is 39.0 Å². The zero-order valence-electron chi connectivity index (χ0n) is 9.49. The summed E-state index contributed by atoms with van der Waals surface area (Å²) in [6.45, 7) is 1.75. The molecule has 0 N–H and O–H groups in total. The van der Waals surface area contributed by atoms with E-state index in [-0.39, 0.29) is 0 Å². The van der Waals surface area contributed by atoms with E-state index in [0.29, 0.717) is 5.78 Å². The van der Waals surface area contributed by atoms with Crippen molar-refractivity contribution >= 4 is 5.78 Å². The van der Waals surface area contributed by atoms with Crippen molar-refractivity contribution in [1.82, 2.24) is 0 Å². The molecule has 0 aromatic carbocycles. The molecule has 3 aliphatic rings. The molecular weight excluding hydrogens is 184 g/mol. The molecule has 3 aliphatic carbocycles. The van der Waals surface area contributed by atoms with E-state index >= 15 is 0 Å². The SMILES string of the molecule is CC(=O)CC1CC2CC1C1CC=CCC21. The molecule has 0 heterocycles. The van der Waals surface area contributed by atoms with E-state index in [1.807, 2.05) is 0 Å². The number of ketones is 1. The second-order valence-corrected chi connectivity index (χ2v) is 5.83. The van der Waals surface area contributed by atoms with Crippen LogP contribution in [0.25, 0.3) is 0 Å². The predicted molar refractivity (Wildman–Crippen MR) is 60.4 cm³/mol. The largest absolute Gasteiger partial charge is 0.300 e. The molecule has 0 spiro atoms. The van der Waals surface area contributed by atoms with Crippen LogP contribution in [0.2, 0.25) is 0 Å². The molecule has 5 unspecified atom stereocenters. The summed E-state index contributed by atoms with van der Waals surface area (Å²) in [7, 11) is 0. The number of fused-ring (bicyclic) bond motifs is 5. The van der Waals surface area contributed by atoms with Crippen LogP contribution in [0, 0.1) is 29.6 Å². The molecule has 2 bridgehead atoms. The van der Waals surface area contributed by atoms with Crippen LogP contribution >= 0.6 is 0 Å². The van der Waals surface area contributed by atoms with Gasteiger partial charge in [0, 0.05) is 6.42 Å². The van der Waals surface area contributed by atoms with E-state index in [1.54, 1.807) is 6.92 Å². The molecule has 3 rings (SSSR count). The minimum Gasteiger partial charge on any atom is -0.300 e. The van der Waals surface area contributed by atoms with Gasteiger partial charge in [-0.1, -0.05) is 12.2 Å². The maximum Gasteiger partial charge on any atom is 0.130 e. The van der Waals surface area contributed by atoms with Gasteiger partial charge in [-0.3, -0.25) is 0 Å². The van der Waals surface area contributed by atoms with Crippen LogP contribution in [0.4, 0.5) is 0 Å². The van der Waals surface area contributed by atoms with Gasteiger partial charge in [0.15, 0.2) is 0 Å². The van der Waals surface area contributed by atoms with E-state index in [1.165, 1.54) is 25.7 Å². The predicted octanol–water partition coefficient (Wildman–Crippen LogP) is 3.20. The zero-order chi connectivity index (χ0) is 10.4. The Labute approximate surface area is 91.9 Å². The molecule has 15 heavy (non-hydrogen) atoms. The number of hydrogen-bond acceptors (Lipinski definition) is 1. The Morgan fingerprint density at radius 2 is 1.87 bits per heavy atom. The monoisotopic (exact) mass is 204 g/mol. The van der Waals surface area contributed by atoms with Crippen molar-refractivity contribution in [3.05, 3.63) is 12.2 Å². The fourth-order valence-electron chi connectivity index (χ4n) is 4.57. The Morgan fingerprint density at radius 1 is 1.13 bits per heavy atom. The molecule has 82 valence electrons. The van der Waals surface area contributed by atoms with Crippen molar-refractivity contribution in [3.63, 3.8) is 0 Å². The second-order valence-electron chi connectivity index (χ2n) is 5.83. The molecule has 0 radical (unpaired) electrons. The summed E-state index contributed by atoms with van der Waals surface area (Å²) in [5, 5.41) is 0. The smallest absolute Gasteiger partial charge is 0.130 e. The maximum absolute atomic E-state index is 11.2. The highest BCUT2D eigenvalue weighted by Gasteiger charge is 2.51. The molecule has 1 heteroatoms. The van der Waals surface area contributed by atoms with E-state index in [4.69, 9.17) is 0 Å². The lowest BCUT2D eigenvalue weighted by molar-refractivity contribution is -0.118. The van der Waals surface area contributed by atoms with Gasteiger partial charge in [0.25, 0.3) is 0 Å². The molecule has 2 saturated carbocycles. The first-order valence-corrected chi connectivity index (χ1v) is 6.40. The Bertz CT molecular complexity index is 304. The van der Waals surface area contributed by atoms with Gasteiger partial charge in [-0.25, -0.2) is 0 Å². The summed E-state index contributed by atoms with van der Waals surface area (Å²) in [6.07, 6.45) is 11.0. The summed E-state index contributed by atoms with van der Waals surface area (Å²) in [5.41, 5.74) is 0. The standard InChI is InChI=1S/C14H20O/c1-9(15)6-10-7-11-8-14(10)13-5-3-2-4-12(11)13/h2-3,10-14H,4-8H2,1H3. The third-order valence-electron chi connectivity index (χ3n) is 5.02. The van der Waals surface area contributed by atoms with Crippen molar-refractivity contribution in [2.45, 2.75) is 39.0 Å². The molecule has 0 aromatic rings. The fourth-order valence-corrected chi connectivity index (χ4v) is 4.57. The van der Waals surface area contributed by atoms with E-state index in [9.17, 15) is 4.79 Å². The lowest BCUT2D eigenvalue weighted by atomic mass is 9.68. The number of hydrogen-bond donors (Lipinski definition) is 0. The first kappa shape index (κ1) is 9.62. The summed E-state index contributed by atoms with van der Waals surface area (Å²) in [6, 6.07) is 0. The molecule has 1 nitrogen and oxygen atoms in total. The van der Waals surface area contributed by atoms with Crippen molar-refractivity contribution < 1.29 is 4.79 Å². The van der Waals surface area contributed by atoms with Crippen LogP contribution < -0.4 is 0 Å². The average molecular weight is 204 g/mol. The minimum absolute atomic E-state index is 0.399. The quantitative estimate of drug-likeness (QED) is 0.631. The minimum atomic E-state index is 0.399. The lowest BCUT2D eigenvalue weighted by Gasteiger charge is -2.36. The van der Waals surface area contributed by atoms with Gasteiger partial charge in [0.05, 0.1) is 0 Å². The van der Waals surface area contributed by atoms with Gasteiger partial charge in [-0.15, -0.1) is 0 Å². The lowest BCUT2D eigenvalue weighted by Crippen LogP contribution is -2.30. The molecule has 0 aliphatic heterocycles. The maximum atomic E-state index is 11.2. The van der Waals surface area contributed by atoms with Gasteiger partial charge in [0.2, 0.25) is 0 Å². The highest BCUT2D eigenvalue weighted by molar-refractivity contribution is 5.75. The third-order valence-corrected chi connectivity index (χ3v) is 5.02. The van der Waals surface area contributed by atoms with Crippen LogP contribution in [0.5, 0.6) is 0 Å². The van der Waals surface area contributed by atoms with Gasteiger partial charge in [-0.05, 0) is 62.2 Å². The number of rotatable bonds is 2.